The number of rotatable bonds is 2. The summed E-state index contributed by atoms with van der Waals surface area (Å²) in [4.78, 5) is 0. The molecule has 1 atom stereocenters. The van der Waals surface area contributed by atoms with Gasteiger partial charge in [-0.3, -0.25) is 0 Å². The molecule has 1 N–H and O–H groups in total. The highest BCUT2D eigenvalue weighted by atomic mass is 19.3. The van der Waals surface area contributed by atoms with Crippen molar-refractivity contribution in [2.45, 2.75) is 31.2 Å². The molecule has 2 rings (SSSR count). The van der Waals surface area contributed by atoms with E-state index < -0.39 is 5.92 Å². The maximum Gasteiger partial charge on any atom is 0.250 e. The molecule has 0 spiro atoms. The van der Waals surface area contributed by atoms with E-state index in [2.05, 4.69) is 5.32 Å². The molecule has 0 aliphatic carbocycles. The number of piperidine rings is 1. The fourth-order valence-electron chi connectivity index (χ4n) is 2.04. The lowest BCUT2D eigenvalue weighted by Crippen LogP contribution is -2.44. The summed E-state index contributed by atoms with van der Waals surface area (Å²) < 4.78 is 26.2. The molecule has 1 unspecified atom stereocenters. The maximum atomic E-state index is 13.1. The van der Waals surface area contributed by atoms with E-state index in [1.165, 1.54) is 0 Å². The molecule has 0 amide bonds. The van der Waals surface area contributed by atoms with E-state index in [9.17, 15) is 8.78 Å². The van der Waals surface area contributed by atoms with E-state index in [4.69, 9.17) is 0 Å². The van der Waals surface area contributed by atoms with Gasteiger partial charge in [-0.05, 0) is 12.0 Å². The summed E-state index contributed by atoms with van der Waals surface area (Å²) in [6, 6.07) is 9.69. The average Bonchev–Trinajstić information content (AvgIpc) is 2.17. The molecule has 1 aliphatic heterocycles. The molecule has 1 aliphatic rings. The van der Waals surface area contributed by atoms with Crippen LogP contribution in [-0.2, 0) is 6.42 Å². The van der Waals surface area contributed by atoms with Crippen LogP contribution in [0.3, 0.4) is 0 Å². The third-order valence-corrected chi connectivity index (χ3v) is 2.79. The van der Waals surface area contributed by atoms with Crippen molar-refractivity contribution >= 4 is 0 Å². The summed E-state index contributed by atoms with van der Waals surface area (Å²) >= 11 is 0. The van der Waals surface area contributed by atoms with Gasteiger partial charge in [-0.25, -0.2) is 8.78 Å². The van der Waals surface area contributed by atoms with Gasteiger partial charge in [0.15, 0.2) is 0 Å². The largest absolute Gasteiger partial charge is 0.313 e. The van der Waals surface area contributed by atoms with Gasteiger partial charge in [-0.2, -0.15) is 0 Å². The summed E-state index contributed by atoms with van der Waals surface area (Å²) in [6.07, 6.45) is 0.622. The molecule has 0 saturated carbocycles. The zero-order valence-corrected chi connectivity index (χ0v) is 8.55. The van der Waals surface area contributed by atoms with Crippen molar-refractivity contribution in [2.24, 2.45) is 0 Å². The summed E-state index contributed by atoms with van der Waals surface area (Å²) in [6.45, 7) is 0.421. The zero-order valence-electron chi connectivity index (χ0n) is 8.55. The first kappa shape index (κ1) is 10.6. The highest BCUT2D eigenvalue weighted by Gasteiger charge is 2.35. The molecular formula is C12H15F2N. The molecular weight excluding hydrogens is 196 g/mol. The third-order valence-electron chi connectivity index (χ3n) is 2.79. The van der Waals surface area contributed by atoms with Crippen LogP contribution in [0, 0.1) is 0 Å². The van der Waals surface area contributed by atoms with E-state index in [0.29, 0.717) is 13.0 Å². The number of halogens is 2. The van der Waals surface area contributed by atoms with Gasteiger partial charge in [0.1, 0.15) is 0 Å². The van der Waals surface area contributed by atoms with Crippen molar-refractivity contribution in [1.82, 2.24) is 5.32 Å². The summed E-state index contributed by atoms with van der Waals surface area (Å²) in [5.74, 6) is -2.48. The Morgan fingerprint density at radius 2 is 2.00 bits per heavy atom. The number of nitrogens with one attached hydrogen (secondary N) is 1. The Kier molecular flexibility index (Phi) is 3.00. The molecule has 15 heavy (non-hydrogen) atoms. The second-order valence-electron chi connectivity index (χ2n) is 4.15. The van der Waals surface area contributed by atoms with E-state index in [0.717, 1.165) is 5.56 Å². The topological polar surface area (TPSA) is 12.0 Å². The van der Waals surface area contributed by atoms with E-state index >= 15 is 0 Å². The van der Waals surface area contributed by atoms with Gasteiger partial charge in [-0.1, -0.05) is 30.3 Å². The van der Waals surface area contributed by atoms with E-state index in [1.54, 1.807) is 0 Å². The molecule has 3 heteroatoms. The standard InChI is InChI=1S/C12H15F2N/c13-12(14)6-7-15-11(9-12)8-10-4-2-1-3-5-10/h1-5,11,15H,6-9H2. The minimum Gasteiger partial charge on any atom is -0.313 e. The van der Waals surface area contributed by atoms with Crippen LogP contribution in [0.5, 0.6) is 0 Å². The molecule has 82 valence electrons. The van der Waals surface area contributed by atoms with Gasteiger partial charge in [-0.15, -0.1) is 0 Å². The van der Waals surface area contributed by atoms with Crippen molar-refractivity contribution in [3.05, 3.63) is 35.9 Å². The minimum absolute atomic E-state index is 0.0295. The average molecular weight is 211 g/mol. The number of benzene rings is 1. The zero-order chi connectivity index (χ0) is 10.7. The summed E-state index contributed by atoms with van der Waals surface area (Å²) in [5, 5.41) is 3.14. The highest BCUT2D eigenvalue weighted by Crippen LogP contribution is 2.28. The molecule has 0 radical (unpaired) electrons. The van der Waals surface area contributed by atoms with Crippen LogP contribution < -0.4 is 5.32 Å². The lowest BCUT2D eigenvalue weighted by molar-refractivity contribution is -0.0408. The molecule has 1 aromatic rings. The van der Waals surface area contributed by atoms with Gasteiger partial charge in [0, 0.05) is 25.4 Å². The smallest absolute Gasteiger partial charge is 0.250 e. The molecule has 0 aromatic heterocycles. The van der Waals surface area contributed by atoms with Crippen molar-refractivity contribution in [3.63, 3.8) is 0 Å². The Morgan fingerprint density at radius 3 is 2.67 bits per heavy atom. The van der Waals surface area contributed by atoms with Gasteiger partial charge in [0.2, 0.25) is 0 Å². The third kappa shape index (κ3) is 2.99. The van der Waals surface area contributed by atoms with Gasteiger partial charge < -0.3 is 5.32 Å². The van der Waals surface area contributed by atoms with Crippen molar-refractivity contribution in [2.75, 3.05) is 6.54 Å². The number of alkyl halides is 2. The van der Waals surface area contributed by atoms with Gasteiger partial charge in [0.25, 0.3) is 5.92 Å². The first-order valence-electron chi connectivity index (χ1n) is 5.31. The summed E-state index contributed by atoms with van der Waals surface area (Å²) in [5.41, 5.74) is 1.12. The SMILES string of the molecule is FC1(F)CCNC(Cc2ccccc2)C1. The second kappa shape index (κ2) is 4.27. The Hall–Kier alpha value is -0.960. The van der Waals surface area contributed by atoms with Gasteiger partial charge in [0.05, 0.1) is 0 Å². The van der Waals surface area contributed by atoms with Crippen LogP contribution in [0.2, 0.25) is 0 Å². The lowest BCUT2D eigenvalue weighted by Gasteiger charge is -2.30. The minimum atomic E-state index is -2.48. The monoisotopic (exact) mass is 211 g/mol. The van der Waals surface area contributed by atoms with Crippen LogP contribution in [0.4, 0.5) is 8.78 Å². The summed E-state index contributed by atoms with van der Waals surface area (Å²) in [7, 11) is 0. The van der Waals surface area contributed by atoms with Crippen molar-refractivity contribution in [3.8, 4) is 0 Å². The molecule has 1 nitrogen and oxygen atoms in total. The Balaban J connectivity index is 1.95. The lowest BCUT2D eigenvalue weighted by atomic mass is 9.95. The highest BCUT2D eigenvalue weighted by molar-refractivity contribution is 5.16. The number of hydrogen-bond acceptors (Lipinski definition) is 1. The molecule has 1 fully saturated rings. The van der Waals surface area contributed by atoms with E-state index in [1.807, 2.05) is 30.3 Å². The van der Waals surface area contributed by atoms with Crippen LogP contribution in [0.1, 0.15) is 18.4 Å². The van der Waals surface area contributed by atoms with Crippen molar-refractivity contribution in [1.29, 1.82) is 0 Å². The molecule has 0 bridgehead atoms. The second-order valence-corrected chi connectivity index (χ2v) is 4.15. The van der Waals surface area contributed by atoms with Crippen LogP contribution in [0.15, 0.2) is 30.3 Å². The maximum absolute atomic E-state index is 13.1. The van der Waals surface area contributed by atoms with Crippen molar-refractivity contribution < 1.29 is 8.78 Å². The molecule has 1 saturated heterocycles. The van der Waals surface area contributed by atoms with Crippen LogP contribution >= 0.6 is 0 Å². The molecule has 1 aromatic carbocycles. The fourth-order valence-corrected chi connectivity index (χ4v) is 2.04. The normalized spacial score (nSPS) is 25.1. The first-order chi connectivity index (χ1) is 7.16. The Bertz CT molecular complexity index is 311. The predicted octanol–water partition coefficient (Wildman–Crippen LogP) is 2.62. The van der Waals surface area contributed by atoms with Crippen LogP contribution in [0.25, 0.3) is 0 Å². The predicted molar refractivity (Wildman–Crippen MR) is 56.1 cm³/mol. The Labute approximate surface area is 88.5 Å². The van der Waals surface area contributed by atoms with Crippen LogP contribution in [-0.4, -0.2) is 18.5 Å². The molecule has 1 heterocycles. The first-order valence-corrected chi connectivity index (χ1v) is 5.31. The van der Waals surface area contributed by atoms with Gasteiger partial charge >= 0.3 is 0 Å². The fraction of sp³-hybridized carbons (Fsp3) is 0.500. The van der Waals surface area contributed by atoms with E-state index in [-0.39, 0.29) is 18.9 Å². The number of hydrogen-bond donors (Lipinski definition) is 1. The Morgan fingerprint density at radius 1 is 1.27 bits per heavy atom. The quantitative estimate of drug-likeness (QED) is 0.793.